The zero-order valence-electron chi connectivity index (χ0n) is 15.6. The van der Waals surface area contributed by atoms with Crippen LogP contribution in [0.15, 0.2) is 42.9 Å². The zero-order valence-corrected chi connectivity index (χ0v) is 15.6. The molecule has 0 saturated heterocycles. The van der Waals surface area contributed by atoms with Crippen molar-refractivity contribution in [2.75, 3.05) is 5.32 Å². The second-order valence-electron chi connectivity index (χ2n) is 7.21. The number of aliphatic hydroxyl groups is 1. The van der Waals surface area contributed by atoms with E-state index in [9.17, 15) is 18.3 Å². The number of hydrogen-bond donors (Lipinski definition) is 2. The molecule has 3 rings (SSSR count). The van der Waals surface area contributed by atoms with E-state index in [1.807, 2.05) is 13.0 Å². The van der Waals surface area contributed by atoms with E-state index < -0.39 is 17.5 Å². The summed E-state index contributed by atoms with van der Waals surface area (Å²) < 4.78 is 40.1. The highest BCUT2D eigenvalue weighted by molar-refractivity contribution is 5.70. The van der Waals surface area contributed by atoms with Crippen LogP contribution in [0.1, 0.15) is 25.1 Å². The summed E-state index contributed by atoms with van der Waals surface area (Å²) in [5, 5.41) is 17.0. The van der Waals surface area contributed by atoms with Crippen LogP contribution in [-0.4, -0.2) is 30.5 Å². The molecule has 0 aliphatic heterocycles. The lowest BCUT2D eigenvalue weighted by Gasteiger charge is -2.16. The molecule has 148 valence electrons. The Morgan fingerprint density at radius 1 is 1.14 bits per heavy atom. The lowest BCUT2D eigenvalue weighted by molar-refractivity contribution is -0.141. The lowest BCUT2D eigenvalue weighted by atomic mass is 10.1. The van der Waals surface area contributed by atoms with Gasteiger partial charge in [0, 0.05) is 23.6 Å². The van der Waals surface area contributed by atoms with E-state index in [-0.39, 0.29) is 5.95 Å². The number of alkyl halides is 3. The molecule has 0 fully saturated rings. The fourth-order valence-electron chi connectivity index (χ4n) is 2.72. The summed E-state index contributed by atoms with van der Waals surface area (Å²) in [5.74, 6) is -0.135. The van der Waals surface area contributed by atoms with E-state index in [1.165, 1.54) is 0 Å². The van der Waals surface area contributed by atoms with Crippen LogP contribution in [0.4, 0.5) is 24.8 Å². The molecular weight excluding hydrogens is 371 g/mol. The Balaban J connectivity index is 1.87. The second-order valence-corrected chi connectivity index (χ2v) is 7.21. The molecule has 0 radical (unpaired) electrons. The van der Waals surface area contributed by atoms with Crippen molar-refractivity contribution >= 4 is 11.6 Å². The first kappa shape index (κ1) is 19.8. The minimum absolute atomic E-state index is 0.135. The minimum Gasteiger partial charge on any atom is -0.389 e. The zero-order chi connectivity index (χ0) is 20.5. The van der Waals surface area contributed by atoms with Gasteiger partial charge in [-0.1, -0.05) is 6.07 Å². The molecule has 2 aromatic heterocycles. The summed E-state index contributed by atoms with van der Waals surface area (Å²) in [5.41, 5.74) is 1.21. The van der Waals surface area contributed by atoms with Crippen LogP contribution in [0.2, 0.25) is 0 Å². The monoisotopic (exact) mass is 391 g/mol. The Hall–Kier alpha value is -2.94. The topological polar surface area (TPSA) is 75.9 Å². The summed E-state index contributed by atoms with van der Waals surface area (Å²) in [6, 6.07) is 6.32. The maximum Gasteiger partial charge on any atom is 0.433 e. The van der Waals surface area contributed by atoms with Crippen molar-refractivity contribution in [2.24, 2.45) is 0 Å². The third-order valence-corrected chi connectivity index (χ3v) is 3.80. The van der Waals surface area contributed by atoms with Crippen LogP contribution < -0.4 is 5.32 Å². The Bertz CT molecular complexity index is 976. The van der Waals surface area contributed by atoms with Gasteiger partial charge in [0.1, 0.15) is 5.69 Å². The molecule has 0 bridgehead atoms. The van der Waals surface area contributed by atoms with Crippen LogP contribution in [-0.2, 0) is 12.7 Å². The molecule has 0 aliphatic rings. The maximum atomic E-state index is 12.8. The molecule has 0 amide bonds. The predicted molar refractivity (Wildman–Crippen MR) is 99.0 cm³/mol. The van der Waals surface area contributed by atoms with Crippen LogP contribution in [0.25, 0.3) is 11.1 Å². The first-order valence-electron chi connectivity index (χ1n) is 8.54. The SMILES string of the molecule is Cc1cc(Nc2nccc(C(F)(F)F)n2)cc(-c2cnn(CC(C)(C)O)c2)c1. The van der Waals surface area contributed by atoms with Crippen molar-refractivity contribution in [3.63, 3.8) is 0 Å². The molecule has 2 N–H and O–H groups in total. The molecule has 0 atom stereocenters. The normalized spacial score (nSPS) is 12.2. The van der Waals surface area contributed by atoms with Gasteiger partial charge in [-0.05, 0) is 50.1 Å². The van der Waals surface area contributed by atoms with E-state index in [0.717, 1.165) is 29.0 Å². The number of halogens is 3. The van der Waals surface area contributed by atoms with Crippen LogP contribution in [0.5, 0.6) is 0 Å². The molecular formula is C19H20F3N5O. The van der Waals surface area contributed by atoms with Gasteiger partial charge in [0.05, 0.1) is 18.3 Å². The van der Waals surface area contributed by atoms with Crippen molar-refractivity contribution in [3.05, 3.63) is 54.1 Å². The van der Waals surface area contributed by atoms with Crippen molar-refractivity contribution < 1.29 is 18.3 Å². The predicted octanol–water partition coefficient (Wildman–Crippen LogP) is 4.18. The van der Waals surface area contributed by atoms with Gasteiger partial charge in [-0.15, -0.1) is 0 Å². The first-order valence-corrected chi connectivity index (χ1v) is 8.54. The highest BCUT2D eigenvalue weighted by Crippen LogP contribution is 2.29. The van der Waals surface area contributed by atoms with Gasteiger partial charge in [0.25, 0.3) is 0 Å². The minimum atomic E-state index is -4.54. The Morgan fingerprint density at radius 2 is 1.89 bits per heavy atom. The standard InChI is InChI=1S/C19H20F3N5O/c1-12-6-13(14-9-24-27(10-14)11-18(2,3)28)8-15(7-12)25-17-23-5-4-16(26-17)19(20,21)22/h4-10,28H,11H2,1-3H3,(H,23,25,26). The summed E-state index contributed by atoms with van der Waals surface area (Å²) in [6.45, 7) is 5.60. The number of anilines is 2. The number of hydrogen-bond acceptors (Lipinski definition) is 5. The smallest absolute Gasteiger partial charge is 0.389 e. The fraction of sp³-hybridized carbons (Fsp3) is 0.316. The summed E-state index contributed by atoms with van der Waals surface area (Å²) in [4.78, 5) is 7.38. The van der Waals surface area contributed by atoms with Crippen LogP contribution in [0, 0.1) is 6.92 Å². The Morgan fingerprint density at radius 3 is 2.57 bits per heavy atom. The van der Waals surface area contributed by atoms with Crippen LogP contribution >= 0.6 is 0 Å². The number of benzene rings is 1. The van der Waals surface area contributed by atoms with E-state index >= 15 is 0 Å². The average Bonchev–Trinajstić information content (AvgIpc) is 3.00. The van der Waals surface area contributed by atoms with E-state index in [0.29, 0.717) is 12.2 Å². The number of rotatable bonds is 5. The molecule has 0 spiro atoms. The lowest BCUT2D eigenvalue weighted by Crippen LogP contribution is -2.26. The first-order chi connectivity index (χ1) is 13.0. The summed E-state index contributed by atoms with van der Waals surface area (Å²) >= 11 is 0. The summed E-state index contributed by atoms with van der Waals surface area (Å²) in [7, 11) is 0. The molecule has 6 nitrogen and oxygen atoms in total. The Kier molecular flexibility index (Phi) is 5.12. The van der Waals surface area contributed by atoms with Gasteiger partial charge in [0.2, 0.25) is 5.95 Å². The van der Waals surface area contributed by atoms with Gasteiger partial charge in [-0.2, -0.15) is 18.3 Å². The van der Waals surface area contributed by atoms with Gasteiger partial charge in [-0.25, -0.2) is 9.97 Å². The fourth-order valence-corrected chi connectivity index (χ4v) is 2.72. The third kappa shape index (κ3) is 5.07. The largest absolute Gasteiger partial charge is 0.433 e. The van der Waals surface area contributed by atoms with Gasteiger partial charge in [0.15, 0.2) is 0 Å². The average molecular weight is 391 g/mol. The second kappa shape index (κ2) is 7.23. The van der Waals surface area contributed by atoms with Crippen molar-refractivity contribution in [1.29, 1.82) is 0 Å². The van der Waals surface area contributed by atoms with Crippen molar-refractivity contribution in [1.82, 2.24) is 19.7 Å². The van der Waals surface area contributed by atoms with Gasteiger partial charge < -0.3 is 10.4 Å². The van der Waals surface area contributed by atoms with Crippen LogP contribution in [0.3, 0.4) is 0 Å². The van der Waals surface area contributed by atoms with E-state index in [2.05, 4.69) is 20.4 Å². The summed E-state index contributed by atoms with van der Waals surface area (Å²) in [6.07, 6.45) is 0.00407. The molecule has 28 heavy (non-hydrogen) atoms. The molecule has 9 heteroatoms. The Labute approximate surface area is 160 Å². The molecule has 0 aliphatic carbocycles. The molecule has 0 saturated carbocycles. The molecule has 0 unspecified atom stereocenters. The quantitative estimate of drug-likeness (QED) is 0.682. The van der Waals surface area contributed by atoms with Crippen molar-refractivity contribution in [3.8, 4) is 11.1 Å². The highest BCUT2D eigenvalue weighted by Gasteiger charge is 2.32. The number of aromatic nitrogens is 4. The maximum absolute atomic E-state index is 12.8. The highest BCUT2D eigenvalue weighted by atomic mass is 19.4. The number of aryl methyl sites for hydroxylation is 1. The van der Waals surface area contributed by atoms with E-state index in [1.54, 1.807) is 43.1 Å². The third-order valence-electron chi connectivity index (χ3n) is 3.80. The molecule has 3 aromatic rings. The van der Waals surface area contributed by atoms with Crippen molar-refractivity contribution in [2.45, 2.75) is 39.1 Å². The molecule has 2 heterocycles. The van der Waals surface area contributed by atoms with Gasteiger partial charge >= 0.3 is 6.18 Å². The number of nitrogens with zero attached hydrogens (tertiary/aromatic N) is 4. The molecule has 1 aromatic carbocycles. The van der Waals surface area contributed by atoms with E-state index in [4.69, 9.17) is 0 Å². The van der Waals surface area contributed by atoms with Gasteiger partial charge in [-0.3, -0.25) is 4.68 Å². The number of nitrogens with one attached hydrogen (secondary N) is 1.